The van der Waals surface area contributed by atoms with Crippen LogP contribution >= 0.6 is 15.9 Å². The monoisotopic (exact) mass is 408 g/mol. The Kier molecular flexibility index (Phi) is 5.47. The largest absolute Gasteiger partial charge is 0.297 e. The van der Waals surface area contributed by atoms with E-state index in [0.29, 0.717) is 6.42 Å². The molecule has 0 N–H and O–H groups in total. The average Bonchev–Trinajstić information content (AvgIpc) is 2.90. The Labute approximate surface area is 164 Å². The van der Waals surface area contributed by atoms with Crippen LogP contribution in [0.4, 0.5) is 0 Å². The van der Waals surface area contributed by atoms with Gasteiger partial charge in [-0.1, -0.05) is 73.1 Å². The van der Waals surface area contributed by atoms with Gasteiger partial charge in [-0.25, -0.2) is 4.99 Å². The van der Waals surface area contributed by atoms with Gasteiger partial charge in [0.2, 0.25) is 0 Å². The molecule has 3 rings (SSSR count). The molecule has 0 aliphatic rings. The number of halogens is 1. The summed E-state index contributed by atoms with van der Waals surface area (Å²) in [6.07, 6.45) is 7.70. The van der Waals surface area contributed by atoms with E-state index in [0.717, 1.165) is 22.2 Å². The molecular weight excluding hydrogens is 384 g/mol. The van der Waals surface area contributed by atoms with Crippen LogP contribution in [0.3, 0.4) is 0 Å². The maximum absolute atomic E-state index is 4.80. The highest BCUT2D eigenvalue weighted by Crippen LogP contribution is 2.31. The van der Waals surface area contributed by atoms with Crippen molar-refractivity contribution < 1.29 is 0 Å². The molecule has 0 atom stereocenters. The number of allylic oxidation sites excluding steroid dienone is 2. The predicted molar refractivity (Wildman–Crippen MR) is 118 cm³/mol. The van der Waals surface area contributed by atoms with Crippen LogP contribution in [-0.4, -0.2) is 10.4 Å². The molecule has 134 valence electrons. The second-order valence-corrected chi connectivity index (χ2v) is 8.62. The van der Waals surface area contributed by atoms with Crippen molar-refractivity contribution in [1.29, 1.82) is 0 Å². The van der Waals surface area contributed by atoms with E-state index in [-0.39, 0.29) is 5.41 Å². The third-order valence-corrected chi connectivity index (χ3v) is 4.77. The van der Waals surface area contributed by atoms with Crippen molar-refractivity contribution >= 4 is 43.6 Å². The van der Waals surface area contributed by atoms with Crippen LogP contribution in [-0.2, 0) is 0 Å². The van der Waals surface area contributed by atoms with Gasteiger partial charge in [-0.2, -0.15) is 0 Å². The van der Waals surface area contributed by atoms with Gasteiger partial charge in [-0.3, -0.25) is 4.57 Å². The number of hydrogen-bond acceptors (Lipinski definition) is 1. The zero-order chi connectivity index (χ0) is 18.7. The smallest absolute Gasteiger partial charge is 0.117 e. The molecule has 0 bridgehead atoms. The molecule has 0 aliphatic heterocycles. The van der Waals surface area contributed by atoms with E-state index in [1.54, 1.807) is 0 Å². The number of para-hydroxylation sites is 1. The number of hydrogen-bond donors (Lipinski definition) is 0. The molecule has 0 fully saturated rings. The Morgan fingerprint density at radius 2 is 1.85 bits per heavy atom. The fourth-order valence-corrected chi connectivity index (χ4v) is 3.45. The van der Waals surface area contributed by atoms with Crippen LogP contribution in [0.5, 0.6) is 0 Å². The third kappa shape index (κ3) is 3.99. The summed E-state index contributed by atoms with van der Waals surface area (Å²) in [5.74, 6) is 0.981. The molecule has 3 aromatic rings. The third-order valence-electron chi connectivity index (χ3n) is 4.28. The Bertz CT molecular complexity index is 1000. The first-order chi connectivity index (χ1) is 12.4. The number of aliphatic imine (C=N–C) groups is 1. The van der Waals surface area contributed by atoms with Crippen molar-refractivity contribution in [1.82, 2.24) is 4.57 Å². The van der Waals surface area contributed by atoms with Crippen molar-refractivity contribution in [3.05, 3.63) is 71.9 Å². The van der Waals surface area contributed by atoms with E-state index in [9.17, 15) is 0 Å². The van der Waals surface area contributed by atoms with Gasteiger partial charge in [-0.15, -0.1) is 6.58 Å². The lowest BCUT2D eigenvalue weighted by Gasteiger charge is -2.14. The number of fused-ring (bicyclic) bond motifs is 3. The zero-order valence-corrected chi connectivity index (χ0v) is 17.3. The SMILES string of the molecule is C=CC/C(=N\C=C/CC(C)(C)C)n1c2ccccc2c2ccc(Br)cc21. The van der Waals surface area contributed by atoms with Crippen LogP contribution in [0, 0.1) is 5.41 Å². The van der Waals surface area contributed by atoms with E-state index in [4.69, 9.17) is 4.99 Å². The van der Waals surface area contributed by atoms with Crippen LogP contribution in [0.15, 0.2) is 76.9 Å². The normalized spacial score (nSPS) is 13.2. The van der Waals surface area contributed by atoms with Gasteiger partial charge in [0, 0.05) is 27.9 Å². The minimum Gasteiger partial charge on any atom is -0.297 e. The maximum atomic E-state index is 4.80. The fourth-order valence-electron chi connectivity index (χ4n) is 3.10. The van der Waals surface area contributed by atoms with Crippen molar-refractivity contribution in [2.75, 3.05) is 0 Å². The summed E-state index contributed by atoms with van der Waals surface area (Å²) >= 11 is 3.61. The minimum atomic E-state index is 0.266. The number of aromatic nitrogens is 1. The lowest BCUT2D eigenvalue weighted by molar-refractivity contribution is 0.420. The first-order valence-corrected chi connectivity index (χ1v) is 9.72. The van der Waals surface area contributed by atoms with Gasteiger partial charge in [0.1, 0.15) is 5.84 Å². The van der Waals surface area contributed by atoms with Crippen LogP contribution in [0.2, 0.25) is 0 Å². The molecule has 2 aromatic carbocycles. The number of benzene rings is 2. The number of rotatable bonds is 4. The topological polar surface area (TPSA) is 17.3 Å². The maximum Gasteiger partial charge on any atom is 0.117 e. The summed E-state index contributed by atoms with van der Waals surface area (Å²) in [6.45, 7) is 10.6. The molecule has 3 heteroatoms. The Balaban J connectivity index is 2.18. The van der Waals surface area contributed by atoms with Gasteiger partial charge >= 0.3 is 0 Å². The van der Waals surface area contributed by atoms with E-state index in [1.165, 1.54) is 16.3 Å². The standard InChI is InChI=1S/C23H25BrN2/c1-5-9-22(25-15-8-14-23(2,3)4)26-20-11-7-6-10-18(20)19-13-12-17(24)16-21(19)26/h5-8,10-13,15-16H,1,9,14H2,2-4H3/b15-8-,25-22+. The Hall–Kier alpha value is -2.13. The molecule has 1 aromatic heterocycles. The molecule has 0 radical (unpaired) electrons. The van der Waals surface area contributed by atoms with Gasteiger partial charge in [0.25, 0.3) is 0 Å². The van der Waals surface area contributed by atoms with Crippen molar-refractivity contribution in [3.63, 3.8) is 0 Å². The van der Waals surface area contributed by atoms with Crippen molar-refractivity contribution in [2.45, 2.75) is 33.6 Å². The minimum absolute atomic E-state index is 0.266. The highest BCUT2D eigenvalue weighted by atomic mass is 79.9. The summed E-state index contributed by atoms with van der Waals surface area (Å²) in [5.41, 5.74) is 2.60. The van der Waals surface area contributed by atoms with Gasteiger partial charge in [0.05, 0.1) is 11.0 Å². The first-order valence-electron chi connectivity index (χ1n) is 8.92. The highest BCUT2D eigenvalue weighted by molar-refractivity contribution is 9.10. The van der Waals surface area contributed by atoms with Crippen LogP contribution in [0.1, 0.15) is 33.6 Å². The second-order valence-electron chi connectivity index (χ2n) is 7.70. The number of nitrogens with zero attached hydrogens (tertiary/aromatic N) is 2. The molecule has 0 spiro atoms. The quantitative estimate of drug-likeness (QED) is 0.244. The van der Waals surface area contributed by atoms with Crippen LogP contribution in [0.25, 0.3) is 21.8 Å². The summed E-state index contributed by atoms with van der Waals surface area (Å²) in [5, 5.41) is 2.48. The van der Waals surface area contributed by atoms with E-state index < -0.39 is 0 Å². The van der Waals surface area contributed by atoms with Gasteiger partial charge in [-0.05, 0) is 30.0 Å². The first kappa shape index (κ1) is 18.7. The Morgan fingerprint density at radius 3 is 2.58 bits per heavy atom. The van der Waals surface area contributed by atoms with E-state index in [2.05, 4.69) is 96.4 Å². The summed E-state index contributed by atoms with van der Waals surface area (Å²) < 4.78 is 3.31. The predicted octanol–water partition coefficient (Wildman–Crippen LogP) is 7.33. The van der Waals surface area contributed by atoms with Gasteiger partial charge < -0.3 is 0 Å². The molecular formula is C23H25BrN2. The second kappa shape index (κ2) is 7.63. The fraction of sp³-hybridized carbons (Fsp3) is 0.261. The molecule has 0 amide bonds. The molecule has 0 unspecified atom stereocenters. The molecule has 0 saturated carbocycles. The average molecular weight is 409 g/mol. The van der Waals surface area contributed by atoms with Crippen LogP contribution < -0.4 is 0 Å². The summed E-state index contributed by atoms with van der Waals surface area (Å²) in [6, 6.07) is 14.9. The lowest BCUT2D eigenvalue weighted by Crippen LogP contribution is -2.10. The molecule has 1 heterocycles. The van der Waals surface area contributed by atoms with Crippen molar-refractivity contribution in [2.24, 2.45) is 10.4 Å². The van der Waals surface area contributed by atoms with Crippen molar-refractivity contribution in [3.8, 4) is 0 Å². The zero-order valence-electron chi connectivity index (χ0n) is 15.7. The highest BCUT2D eigenvalue weighted by Gasteiger charge is 2.14. The van der Waals surface area contributed by atoms with E-state index in [1.807, 2.05) is 12.3 Å². The van der Waals surface area contributed by atoms with Gasteiger partial charge in [0.15, 0.2) is 0 Å². The molecule has 26 heavy (non-hydrogen) atoms. The summed E-state index contributed by atoms with van der Waals surface area (Å²) in [7, 11) is 0. The molecule has 2 nitrogen and oxygen atoms in total. The van der Waals surface area contributed by atoms with E-state index >= 15 is 0 Å². The molecule has 0 aliphatic carbocycles. The summed E-state index contributed by atoms with van der Waals surface area (Å²) in [4.78, 5) is 4.80. The molecule has 0 saturated heterocycles. The lowest BCUT2D eigenvalue weighted by atomic mass is 9.92. The Morgan fingerprint density at radius 1 is 1.12 bits per heavy atom.